The number of carbonyl (C=O) groups is 1. The second-order valence-electron chi connectivity index (χ2n) is 6.91. The lowest BCUT2D eigenvalue weighted by molar-refractivity contribution is 0.188. The topological polar surface area (TPSA) is 90.4 Å². The summed E-state index contributed by atoms with van der Waals surface area (Å²) in [5, 5.41) is 16.1. The Labute approximate surface area is 174 Å². The summed E-state index contributed by atoms with van der Waals surface area (Å²) in [4.78, 5) is 23.2. The molecule has 7 nitrogen and oxygen atoms in total. The van der Waals surface area contributed by atoms with Gasteiger partial charge in [-0.15, -0.1) is 0 Å². The van der Waals surface area contributed by atoms with Crippen molar-refractivity contribution in [2.75, 3.05) is 18.5 Å². The summed E-state index contributed by atoms with van der Waals surface area (Å²) >= 11 is 12.0. The Morgan fingerprint density at radius 2 is 2.11 bits per heavy atom. The van der Waals surface area contributed by atoms with Gasteiger partial charge in [-0.3, -0.25) is 0 Å². The molecule has 2 aromatic rings. The predicted octanol–water partition coefficient (Wildman–Crippen LogP) is 3.41. The van der Waals surface area contributed by atoms with E-state index in [2.05, 4.69) is 20.6 Å². The fourth-order valence-electron chi connectivity index (χ4n) is 2.95. The molecular formula is C19H23Cl2N5O2. The number of aliphatic hydroxyl groups is 1. The Bertz CT molecular complexity index is 864. The normalized spacial score (nSPS) is 15.5. The standard InChI is InChI=1S/C19H23Cl2N5O2/c1-11(10-27)23-18-22-8-14-5-6-26(9-17(14)25-18)19(28)24-12(2)13-3-4-15(20)16(21)7-13/h3-4,7-8,11-12,27H,5-6,9-10H2,1-2H3,(H,24,28)(H,22,23,25)/t11-,12?/m0/s1. The molecule has 2 atom stereocenters. The molecule has 9 heteroatoms. The summed E-state index contributed by atoms with van der Waals surface area (Å²) < 4.78 is 0. The van der Waals surface area contributed by atoms with Gasteiger partial charge in [0.25, 0.3) is 0 Å². The lowest BCUT2D eigenvalue weighted by Gasteiger charge is -2.29. The number of hydrogen-bond donors (Lipinski definition) is 3. The van der Waals surface area contributed by atoms with Crippen molar-refractivity contribution in [3.8, 4) is 0 Å². The molecular weight excluding hydrogens is 401 g/mol. The zero-order chi connectivity index (χ0) is 20.3. The highest BCUT2D eigenvalue weighted by atomic mass is 35.5. The van der Waals surface area contributed by atoms with Crippen molar-refractivity contribution in [1.82, 2.24) is 20.2 Å². The van der Waals surface area contributed by atoms with Gasteiger partial charge in [0, 0.05) is 18.8 Å². The number of anilines is 1. The van der Waals surface area contributed by atoms with Crippen LogP contribution in [0.15, 0.2) is 24.4 Å². The van der Waals surface area contributed by atoms with Gasteiger partial charge in [0.05, 0.1) is 34.9 Å². The van der Waals surface area contributed by atoms with Crippen LogP contribution >= 0.6 is 23.2 Å². The van der Waals surface area contributed by atoms with E-state index in [9.17, 15) is 4.79 Å². The first-order valence-corrected chi connectivity index (χ1v) is 9.85. The number of rotatable bonds is 5. The first-order valence-electron chi connectivity index (χ1n) is 9.10. The SMILES string of the molecule is CC(NC(=O)N1CCc2cnc(N[C@@H](C)CO)nc2C1)c1ccc(Cl)c(Cl)c1. The number of hydrogen-bond acceptors (Lipinski definition) is 5. The van der Waals surface area contributed by atoms with E-state index >= 15 is 0 Å². The van der Waals surface area contributed by atoms with Crippen molar-refractivity contribution in [3.05, 3.63) is 51.3 Å². The quantitative estimate of drug-likeness (QED) is 0.685. The Morgan fingerprint density at radius 3 is 2.82 bits per heavy atom. The van der Waals surface area contributed by atoms with Crippen LogP contribution in [-0.4, -0.2) is 45.2 Å². The van der Waals surface area contributed by atoms with Gasteiger partial charge >= 0.3 is 6.03 Å². The van der Waals surface area contributed by atoms with Crippen molar-refractivity contribution in [2.24, 2.45) is 0 Å². The van der Waals surface area contributed by atoms with E-state index in [1.54, 1.807) is 23.2 Å². The molecule has 1 aromatic carbocycles. The van der Waals surface area contributed by atoms with Gasteiger partial charge in [0.2, 0.25) is 5.95 Å². The molecule has 0 saturated carbocycles. The Morgan fingerprint density at radius 1 is 1.32 bits per heavy atom. The maximum Gasteiger partial charge on any atom is 0.318 e. The third kappa shape index (κ3) is 4.84. The molecule has 0 bridgehead atoms. The van der Waals surface area contributed by atoms with Gasteiger partial charge in [0.15, 0.2) is 0 Å². The van der Waals surface area contributed by atoms with E-state index in [1.807, 2.05) is 19.9 Å². The molecule has 3 N–H and O–H groups in total. The highest BCUT2D eigenvalue weighted by molar-refractivity contribution is 6.42. The maximum atomic E-state index is 12.7. The number of aromatic nitrogens is 2. The van der Waals surface area contributed by atoms with Gasteiger partial charge in [-0.2, -0.15) is 0 Å². The number of amides is 2. The van der Waals surface area contributed by atoms with Crippen LogP contribution in [0.25, 0.3) is 0 Å². The number of nitrogens with one attached hydrogen (secondary N) is 2. The van der Waals surface area contributed by atoms with Crippen LogP contribution in [0.1, 0.15) is 36.7 Å². The van der Waals surface area contributed by atoms with Gasteiger partial charge in [-0.25, -0.2) is 14.8 Å². The predicted molar refractivity (Wildman–Crippen MR) is 110 cm³/mol. The number of benzene rings is 1. The van der Waals surface area contributed by atoms with Crippen LogP contribution in [0.4, 0.5) is 10.7 Å². The second kappa shape index (κ2) is 8.94. The fraction of sp³-hybridized carbons (Fsp3) is 0.421. The van der Waals surface area contributed by atoms with Gasteiger partial charge in [0.1, 0.15) is 0 Å². The average Bonchev–Trinajstić information content (AvgIpc) is 2.69. The molecule has 150 valence electrons. The zero-order valence-corrected chi connectivity index (χ0v) is 17.3. The fourth-order valence-corrected chi connectivity index (χ4v) is 3.26. The lowest BCUT2D eigenvalue weighted by atomic mass is 10.1. The number of aliphatic hydroxyl groups excluding tert-OH is 1. The van der Waals surface area contributed by atoms with E-state index in [4.69, 9.17) is 28.3 Å². The minimum absolute atomic E-state index is 0.0123. The van der Waals surface area contributed by atoms with Gasteiger partial charge < -0.3 is 20.6 Å². The van der Waals surface area contributed by atoms with Crippen LogP contribution in [0.3, 0.4) is 0 Å². The molecule has 0 saturated heterocycles. The van der Waals surface area contributed by atoms with Crippen molar-refractivity contribution in [3.63, 3.8) is 0 Å². The molecule has 0 aliphatic carbocycles. The molecule has 0 radical (unpaired) electrons. The van der Waals surface area contributed by atoms with E-state index < -0.39 is 0 Å². The van der Waals surface area contributed by atoms with E-state index in [0.29, 0.717) is 35.5 Å². The highest BCUT2D eigenvalue weighted by Gasteiger charge is 2.24. The number of urea groups is 1. The maximum absolute atomic E-state index is 12.7. The summed E-state index contributed by atoms with van der Waals surface area (Å²) in [5.41, 5.74) is 2.72. The summed E-state index contributed by atoms with van der Waals surface area (Å²) in [5.74, 6) is 0.451. The lowest BCUT2D eigenvalue weighted by Crippen LogP contribution is -2.44. The Hall–Kier alpha value is -2.09. The summed E-state index contributed by atoms with van der Waals surface area (Å²) in [6, 6.07) is 4.80. The van der Waals surface area contributed by atoms with Gasteiger partial charge in [-0.1, -0.05) is 29.3 Å². The smallest absolute Gasteiger partial charge is 0.318 e. The number of fused-ring (bicyclic) bond motifs is 1. The molecule has 2 amide bonds. The minimum Gasteiger partial charge on any atom is -0.394 e. The largest absolute Gasteiger partial charge is 0.394 e. The molecule has 0 fully saturated rings. The number of nitrogens with zero attached hydrogens (tertiary/aromatic N) is 3. The monoisotopic (exact) mass is 423 g/mol. The van der Waals surface area contributed by atoms with Crippen molar-refractivity contribution in [2.45, 2.75) is 38.9 Å². The van der Waals surface area contributed by atoms with Crippen molar-refractivity contribution in [1.29, 1.82) is 0 Å². The van der Waals surface area contributed by atoms with Gasteiger partial charge in [-0.05, 0) is 43.5 Å². The molecule has 1 aliphatic heterocycles. The van der Waals surface area contributed by atoms with E-state index in [-0.39, 0.29) is 24.7 Å². The summed E-state index contributed by atoms with van der Waals surface area (Å²) in [7, 11) is 0. The van der Waals surface area contributed by atoms with Crippen molar-refractivity contribution < 1.29 is 9.90 Å². The van der Waals surface area contributed by atoms with E-state index in [0.717, 1.165) is 16.8 Å². The van der Waals surface area contributed by atoms with Crippen LogP contribution in [0, 0.1) is 0 Å². The molecule has 1 aliphatic rings. The number of carbonyl (C=O) groups excluding carboxylic acids is 1. The third-order valence-corrected chi connectivity index (χ3v) is 5.41. The first-order chi connectivity index (χ1) is 13.4. The molecule has 0 spiro atoms. The van der Waals surface area contributed by atoms with Crippen molar-refractivity contribution >= 4 is 35.2 Å². The van der Waals surface area contributed by atoms with Crippen LogP contribution in [0.2, 0.25) is 10.0 Å². The van der Waals surface area contributed by atoms with Crippen LogP contribution < -0.4 is 10.6 Å². The summed E-state index contributed by atoms with van der Waals surface area (Å²) in [6.45, 7) is 4.72. The Kier molecular flexibility index (Phi) is 6.59. The first kappa shape index (κ1) is 20.6. The minimum atomic E-state index is -0.211. The van der Waals surface area contributed by atoms with Crippen LogP contribution in [0.5, 0.6) is 0 Å². The molecule has 2 heterocycles. The summed E-state index contributed by atoms with van der Waals surface area (Å²) in [6.07, 6.45) is 2.47. The van der Waals surface area contributed by atoms with Crippen LogP contribution in [-0.2, 0) is 13.0 Å². The number of halogens is 2. The van der Waals surface area contributed by atoms with E-state index in [1.165, 1.54) is 0 Å². The third-order valence-electron chi connectivity index (χ3n) is 4.67. The zero-order valence-electron chi connectivity index (χ0n) is 15.7. The molecule has 1 unspecified atom stereocenters. The average molecular weight is 424 g/mol. The molecule has 1 aromatic heterocycles. The molecule has 28 heavy (non-hydrogen) atoms. The highest BCUT2D eigenvalue weighted by Crippen LogP contribution is 2.26. The second-order valence-corrected chi connectivity index (χ2v) is 7.72. The molecule has 3 rings (SSSR count). The Balaban J connectivity index is 1.66.